The molecule has 2 aromatic rings. The maximum atomic E-state index is 13.8. The molecular weight excluding hydrogens is 428 g/mol. The molecule has 0 aliphatic heterocycles. The minimum atomic E-state index is -1.05. The normalized spacial score (nSPS) is 15.5. The average Bonchev–Trinajstić information content (AvgIpc) is 3.07. The Morgan fingerprint density at radius 2 is 1.75 bits per heavy atom. The third-order valence-electron chi connectivity index (χ3n) is 5.41. The summed E-state index contributed by atoms with van der Waals surface area (Å²) in [5, 5.41) is 10.3. The van der Waals surface area contributed by atoms with Crippen LogP contribution < -0.4 is 4.74 Å². The molecule has 6 heteroatoms. The van der Waals surface area contributed by atoms with E-state index in [2.05, 4.69) is 54.3 Å². The number of benzene rings is 2. The van der Waals surface area contributed by atoms with E-state index >= 15 is 0 Å². The zero-order valence-electron chi connectivity index (χ0n) is 16.3. The Hall–Kier alpha value is -1.50. The summed E-state index contributed by atoms with van der Waals surface area (Å²) in [6.45, 7) is 1.35. The van der Waals surface area contributed by atoms with E-state index in [0.29, 0.717) is 16.9 Å². The van der Waals surface area contributed by atoms with Crippen molar-refractivity contribution in [3.05, 3.63) is 63.6 Å². The van der Waals surface area contributed by atoms with Gasteiger partial charge in [0.05, 0.1) is 25.1 Å². The minimum Gasteiger partial charge on any atom is -0.487 e. The first-order chi connectivity index (χ1) is 13.2. The number of likely N-dealkylation sites (N-methyl/N-ethyl adjacent to an activating group) is 1. The summed E-state index contributed by atoms with van der Waals surface area (Å²) in [4.78, 5) is 0. The molecule has 0 spiro atoms. The van der Waals surface area contributed by atoms with Gasteiger partial charge >= 0.3 is 0 Å². The molecule has 0 unspecified atom stereocenters. The number of nitrogens with zero attached hydrogens (tertiary/aromatic N) is 1. The highest BCUT2D eigenvalue weighted by molar-refractivity contribution is 9.10. The number of hydrogen-bond acceptors (Lipinski definition) is 2. The van der Waals surface area contributed by atoms with Gasteiger partial charge in [0, 0.05) is 6.42 Å². The number of quaternary nitrogens is 1. The Kier molecular flexibility index (Phi) is 6.73. The molecule has 0 saturated carbocycles. The van der Waals surface area contributed by atoms with Crippen LogP contribution in [0.15, 0.2) is 40.9 Å². The molecule has 28 heavy (non-hydrogen) atoms. The van der Waals surface area contributed by atoms with Gasteiger partial charge in [0.15, 0.2) is 11.6 Å². The van der Waals surface area contributed by atoms with Crippen molar-refractivity contribution in [3.8, 4) is 5.75 Å². The fourth-order valence-electron chi connectivity index (χ4n) is 3.91. The van der Waals surface area contributed by atoms with Crippen molar-refractivity contribution in [2.75, 3.05) is 33.8 Å². The van der Waals surface area contributed by atoms with Crippen LogP contribution in [-0.4, -0.2) is 49.5 Å². The number of halogens is 3. The minimum absolute atomic E-state index is 0.0461. The van der Waals surface area contributed by atoms with E-state index < -0.39 is 17.7 Å². The number of aliphatic hydroxyl groups excluding tert-OH is 1. The van der Waals surface area contributed by atoms with Gasteiger partial charge in [-0.1, -0.05) is 24.3 Å². The van der Waals surface area contributed by atoms with Crippen molar-refractivity contribution in [2.45, 2.75) is 25.4 Å². The largest absolute Gasteiger partial charge is 0.487 e. The van der Waals surface area contributed by atoms with Crippen molar-refractivity contribution < 1.29 is 23.1 Å². The van der Waals surface area contributed by atoms with Gasteiger partial charge in [-0.2, -0.15) is 4.39 Å². The van der Waals surface area contributed by atoms with Gasteiger partial charge in [0.1, 0.15) is 19.3 Å². The Morgan fingerprint density at radius 1 is 1.11 bits per heavy atom. The predicted octanol–water partition coefficient (Wildman–Crippen LogP) is 4.35. The lowest BCUT2D eigenvalue weighted by Crippen LogP contribution is -2.48. The van der Waals surface area contributed by atoms with Crippen LogP contribution in [-0.2, 0) is 12.8 Å². The first-order valence-electron chi connectivity index (χ1n) is 9.58. The maximum absolute atomic E-state index is 13.8. The fraction of sp³-hybridized carbons (Fsp3) is 0.455. The lowest BCUT2D eigenvalue weighted by molar-refractivity contribution is -0.894. The summed E-state index contributed by atoms with van der Waals surface area (Å²) < 4.78 is 33.4. The second-order valence-electron chi connectivity index (χ2n) is 8.31. The topological polar surface area (TPSA) is 29.5 Å². The molecule has 3 rings (SSSR count). The molecule has 1 aliphatic rings. The molecule has 0 radical (unpaired) electrons. The average molecular weight is 455 g/mol. The fourth-order valence-corrected chi connectivity index (χ4v) is 4.21. The number of hydrogen-bond donors (Lipinski definition) is 1. The molecule has 3 nitrogen and oxygen atoms in total. The van der Waals surface area contributed by atoms with E-state index in [-0.39, 0.29) is 16.8 Å². The molecule has 0 aromatic heterocycles. The van der Waals surface area contributed by atoms with Crippen molar-refractivity contribution >= 4 is 15.9 Å². The van der Waals surface area contributed by atoms with Crippen LogP contribution in [0.3, 0.4) is 0 Å². The lowest BCUT2D eigenvalue weighted by Gasteiger charge is -2.32. The Morgan fingerprint density at radius 3 is 2.39 bits per heavy atom. The number of aliphatic hydroxyl groups is 1. The molecule has 0 amide bonds. The van der Waals surface area contributed by atoms with Crippen LogP contribution in [0.2, 0.25) is 0 Å². The Balaban J connectivity index is 1.45. The van der Waals surface area contributed by atoms with Crippen molar-refractivity contribution in [1.82, 2.24) is 0 Å². The zero-order valence-corrected chi connectivity index (χ0v) is 17.9. The smallest absolute Gasteiger partial charge is 0.201 e. The van der Waals surface area contributed by atoms with Gasteiger partial charge in [0.25, 0.3) is 0 Å². The molecule has 2 aromatic carbocycles. The molecule has 0 heterocycles. The van der Waals surface area contributed by atoms with Crippen molar-refractivity contribution in [1.29, 1.82) is 0 Å². The standard InChI is InChI=1S/C22H27BrF2NO2/c1-26(2,10-9-15-11-16-5-3-4-6-17(16)12-15)13-18(27)14-28-20-8-7-19(23)21(24)22(20)25/h3-8,15,18,27H,9-14H2,1-2H3/q+1/t18-/m1/s1. The number of ether oxygens (including phenoxy) is 1. The first kappa shape index (κ1) is 21.2. The zero-order chi connectivity index (χ0) is 20.3. The van der Waals surface area contributed by atoms with Gasteiger partial charge < -0.3 is 14.3 Å². The Bertz CT molecular complexity index is 803. The summed E-state index contributed by atoms with van der Waals surface area (Å²) >= 11 is 2.93. The third kappa shape index (κ3) is 5.31. The summed E-state index contributed by atoms with van der Waals surface area (Å²) in [6.07, 6.45) is 2.57. The maximum Gasteiger partial charge on any atom is 0.201 e. The summed E-state index contributed by atoms with van der Waals surface area (Å²) in [5.41, 5.74) is 2.91. The molecule has 1 aliphatic carbocycles. The van der Waals surface area contributed by atoms with E-state index in [1.807, 2.05) is 0 Å². The quantitative estimate of drug-likeness (QED) is 0.474. The SMILES string of the molecule is C[N+](C)(CCC1Cc2ccccc2C1)C[C@@H](O)COc1ccc(Br)c(F)c1F. The second kappa shape index (κ2) is 8.89. The highest BCUT2D eigenvalue weighted by Gasteiger charge is 2.26. The predicted molar refractivity (Wildman–Crippen MR) is 109 cm³/mol. The van der Waals surface area contributed by atoms with Crippen LogP contribution in [0.4, 0.5) is 8.78 Å². The summed E-state index contributed by atoms with van der Waals surface area (Å²) in [5.74, 6) is -1.58. The van der Waals surface area contributed by atoms with Gasteiger partial charge in [-0.25, -0.2) is 4.39 Å². The van der Waals surface area contributed by atoms with Crippen molar-refractivity contribution in [3.63, 3.8) is 0 Å². The van der Waals surface area contributed by atoms with Gasteiger partial charge in [-0.3, -0.25) is 0 Å². The van der Waals surface area contributed by atoms with Crippen LogP contribution in [0.25, 0.3) is 0 Å². The Labute approximate surface area is 173 Å². The molecule has 0 fully saturated rings. The van der Waals surface area contributed by atoms with Gasteiger partial charge in [-0.05, 0) is 57.9 Å². The van der Waals surface area contributed by atoms with E-state index in [1.165, 1.54) is 23.3 Å². The highest BCUT2D eigenvalue weighted by atomic mass is 79.9. The van der Waals surface area contributed by atoms with Crippen LogP contribution in [0.5, 0.6) is 5.75 Å². The van der Waals surface area contributed by atoms with Crippen LogP contribution >= 0.6 is 15.9 Å². The summed E-state index contributed by atoms with van der Waals surface area (Å²) in [7, 11) is 4.15. The van der Waals surface area contributed by atoms with Crippen molar-refractivity contribution in [2.24, 2.45) is 5.92 Å². The van der Waals surface area contributed by atoms with Gasteiger partial charge in [0.2, 0.25) is 5.82 Å². The van der Waals surface area contributed by atoms with E-state index in [1.54, 1.807) is 0 Å². The van der Waals surface area contributed by atoms with Gasteiger partial charge in [-0.15, -0.1) is 0 Å². The summed E-state index contributed by atoms with van der Waals surface area (Å²) in [6, 6.07) is 11.4. The molecule has 0 bridgehead atoms. The van der Waals surface area contributed by atoms with Crippen LogP contribution in [0, 0.1) is 17.6 Å². The second-order valence-corrected chi connectivity index (χ2v) is 9.17. The molecule has 1 atom stereocenters. The van der Waals surface area contributed by atoms with E-state index in [0.717, 1.165) is 25.8 Å². The molecular formula is C22H27BrF2NO2+. The molecule has 0 saturated heterocycles. The molecule has 152 valence electrons. The van der Waals surface area contributed by atoms with E-state index in [9.17, 15) is 13.9 Å². The third-order valence-corrected chi connectivity index (χ3v) is 6.03. The molecule has 1 N–H and O–H groups in total. The monoisotopic (exact) mass is 454 g/mol. The number of fused-ring (bicyclic) bond motifs is 1. The lowest BCUT2D eigenvalue weighted by atomic mass is 10.0. The highest BCUT2D eigenvalue weighted by Crippen LogP contribution is 2.29. The first-order valence-corrected chi connectivity index (χ1v) is 10.4. The van der Waals surface area contributed by atoms with Crippen LogP contribution in [0.1, 0.15) is 17.5 Å². The number of rotatable bonds is 8. The van der Waals surface area contributed by atoms with E-state index in [4.69, 9.17) is 4.74 Å².